The second kappa shape index (κ2) is 3.00. The predicted molar refractivity (Wildman–Crippen MR) is 61.1 cm³/mol. The van der Waals surface area contributed by atoms with Crippen LogP contribution in [0.2, 0.25) is 0 Å². The Kier molecular flexibility index (Phi) is 1.86. The smallest absolute Gasteiger partial charge is 0.332 e. The zero-order valence-electron chi connectivity index (χ0n) is 9.75. The first kappa shape index (κ1) is 10.6. The first-order valence-electron chi connectivity index (χ1n) is 5.53. The number of hydrogen-bond acceptors (Lipinski definition) is 3. The first-order valence-corrected chi connectivity index (χ1v) is 5.53. The lowest BCUT2D eigenvalue weighted by Crippen LogP contribution is -2.78. The molecule has 2 amide bonds. The summed E-state index contributed by atoms with van der Waals surface area (Å²) in [5.74, 6) is -1.50. The van der Waals surface area contributed by atoms with Gasteiger partial charge in [-0.05, 0) is 19.1 Å². The third kappa shape index (κ3) is 1.18. The lowest BCUT2D eigenvalue weighted by molar-refractivity contribution is -0.223. The topological polar surface area (TPSA) is 53.0 Å². The van der Waals surface area contributed by atoms with Crippen molar-refractivity contribution in [2.45, 2.75) is 25.4 Å². The minimum absolute atomic E-state index is 0.235. The van der Waals surface area contributed by atoms with Gasteiger partial charge >= 0.3 is 6.03 Å². The average molecular weight is 234 g/mol. The van der Waals surface area contributed by atoms with Crippen LogP contribution in [0.3, 0.4) is 0 Å². The molecule has 90 valence electrons. The Balaban J connectivity index is 1.99. The molecule has 0 bridgehead atoms. The van der Waals surface area contributed by atoms with Gasteiger partial charge in [-0.3, -0.25) is 4.90 Å². The number of rotatable bonds is 1. The number of carbonyl (C=O) groups excluding carboxylic acids is 1. The van der Waals surface area contributed by atoms with Gasteiger partial charge in [0, 0.05) is 12.6 Å². The predicted octanol–water partition coefficient (Wildman–Crippen LogP) is 1.34. The van der Waals surface area contributed by atoms with Crippen molar-refractivity contribution in [3.05, 3.63) is 30.3 Å². The highest BCUT2D eigenvalue weighted by atomic mass is 16.7. The Morgan fingerprint density at radius 3 is 2.59 bits per heavy atom. The van der Waals surface area contributed by atoms with Crippen molar-refractivity contribution in [3.63, 3.8) is 0 Å². The number of fused-ring (bicyclic) bond motifs is 1. The van der Waals surface area contributed by atoms with Gasteiger partial charge < -0.3 is 9.84 Å². The first-order chi connectivity index (χ1) is 7.97. The van der Waals surface area contributed by atoms with Crippen LogP contribution in [0.1, 0.15) is 13.8 Å². The van der Waals surface area contributed by atoms with Crippen LogP contribution in [0.25, 0.3) is 0 Å². The summed E-state index contributed by atoms with van der Waals surface area (Å²) in [6.45, 7) is 3.65. The van der Waals surface area contributed by atoms with Gasteiger partial charge in [-0.2, -0.15) is 0 Å². The van der Waals surface area contributed by atoms with E-state index >= 15 is 0 Å². The lowest BCUT2D eigenvalue weighted by atomic mass is 10.0. The molecule has 0 aromatic heterocycles. The van der Waals surface area contributed by atoms with E-state index < -0.39 is 11.6 Å². The lowest BCUT2D eigenvalue weighted by Gasteiger charge is -2.55. The fraction of sp³-hybridized carbons (Fsp3) is 0.417. The molecule has 0 saturated carbocycles. The molecule has 2 fully saturated rings. The zero-order chi connectivity index (χ0) is 12.3. The van der Waals surface area contributed by atoms with Crippen LogP contribution in [0, 0.1) is 0 Å². The molecule has 2 aliphatic heterocycles. The van der Waals surface area contributed by atoms with Gasteiger partial charge in [0.2, 0.25) is 0 Å². The second-order valence-electron chi connectivity index (χ2n) is 4.73. The highest BCUT2D eigenvalue weighted by Crippen LogP contribution is 2.46. The summed E-state index contributed by atoms with van der Waals surface area (Å²) >= 11 is 0. The van der Waals surface area contributed by atoms with Crippen LogP contribution < -0.4 is 4.90 Å². The largest absolute Gasteiger partial charge is 0.349 e. The minimum Gasteiger partial charge on any atom is -0.349 e. The summed E-state index contributed by atoms with van der Waals surface area (Å²) < 4.78 is 5.27. The van der Waals surface area contributed by atoms with Gasteiger partial charge in [0.05, 0.1) is 6.61 Å². The number of para-hydroxylation sites is 1. The third-order valence-electron chi connectivity index (χ3n) is 3.39. The van der Waals surface area contributed by atoms with Crippen molar-refractivity contribution >= 4 is 11.7 Å². The van der Waals surface area contributed by atoms with E-state index in [1.54, 1.807) is 4.90 Å². The number of ether oxygens (including phenoxy) is 1. The fourth-order valence-corrected chi connectivity index (χ4v) is 2.62. The highest BCUT2D eigenvalue weighted by Gasteiger charge is 2.67. The Morgan fingerprint density at radius 1 is 1.29 bits per heavy atom. The Labute approximate surface area is 99.2 Å². The number of anilines is 1. The molecule has 0 aliphatic carbocycles. The molecule has 1 N–H and O–H groups in total. The number of urea groups is 1. The fourth-order valence-electron chi connectivity index (χ4n) is 2.62. The van der Waals surface area contributed by atoms with Gasteiger partial charge in [-0.15, -0.1) is 0 Å². The Hall–Kier alpha value is -1.59. The van der Waals surface area contributed by atoms with E-state index in [1.807, 2.05) is 37.3 Å². The number of amides is 2. The summed E-state index contributed by atoms with van der Waals surface area (Å²) in [4.78, 5) is 15.1. The standard InChI is InChI=1S/C12H14N2O3/c1-11-8-17-12(2,16)14(11)10(15)13(11)9-6-4-3-5-7-9/h3-7,16H,8H2,1-2H3. The molecule has 3 rings (SSSR count). The van der Waals surface area contributed by atoms with Crippen molar-refractivity contribution in [1.29, 1.82) is 0 Å². The van der Waals surface area contributed by atoms with Crippen LogP contribution in [-0.4, -0.2) is 34.2 Å². The molecule has 1 aromatic rings. The molecule has 5 nitrogen and oxygen atoms in total. The maximum Gasteiger partial charge on any atom is 0.332 e. The zero-order valence-corrected chi connectivity index (χ0v) is 9.75. The van der Waals surface area contributed by atoms with E-state index in [4.69, 9.17) is 4.74 Å². The molecule has 5 heteroatoms. The molecular formula is C12H14N2O3. The van der Waals surface area contributed by atoms with Crippen molar-refractivity contribution < 1.29 is 14.6 Å². The normalized spacial score (nSPS) is 35.8. The van der Waals surface area contributed by atoms with Crippen LogP contribution in [0.4, 0.5) is 10.5 Å². The number of carbonyl (C=O) groups is 1. The molecule has 2 saturated heterocycles. The van der Waals surface area contributed by atoms with Crippen LogP contribution >= 0.6 is 0 Å². The number of aliphatic hydroxyl groups is 1. The van der Waals surface area contributed by atoms with Gasteiger partial charge in [0.15, 0.2) is 5.66 Å². The van der Waals surface area contributed by atoms with E-state index in [0.717, 1.165) is 5.69 Å². The molecular weight excluding hydrogens is 220 g/mol. The van der Waals surface area contributed by atoms with Crippen LogP contribution in [-0.2, 0) is 4.74 Å². The van der Waals surface area contributed by atoms with Crippen molar-refractivity contribution in [2.75, 3.05) is 11.5 Å². The summed E-state index contributed by atoms with van der Waals surface area (Å²) in [6.07, 6.45) is 0. The van der Waals surface area contributed by atoms with Gasteiger partial charge in [-0.25, -0.2) is 9.69 Å². The summed E-state index contributed by atoms with van der Waals surface area (Å²) in [5, 5.41) is 9.94. The second-order valence-corrected chi connectivity index (χ2v) is 4.73. The number of benzene rings is 1. The number of nitrogens with zero attached hydrogens (tertiary/aromatic N) is 2. The molecule has 2 heterocycles. The maximum absolute atomic E-state index is 12.1. The van der Waals surface area contributed by atoms with Crippen molar-refractivity contribution in [3.8, 4) is 0 Å². The van der Waals surface area contributed by atoms with E-state index in [-0.39, 0.29) is 6.03 Å². The van der Waals surface area contributed by atoms with E-state index in [2.05, 4.69) is 0 Å². The van der Waals surface area contributed by atoms with E-state index in [9.17, 15) is 9.90 Å². The Bertz CT molecular complexity index is 474. The monoisotopic (exact) mass is 234 g/mol. The van der Waals surface area contributed by atoms with Gasteiger partial charge in [0.1, 0.15) is 0 Å². The molecule has 1 aromatic carbocycles. The molecule has 2 unspecified atom stereocenters. The van der Waals surface area contributed by atoms with Crippen molar-refractivity contribution in [2.24, 2.45) is 0 Å². The van der Waals surface area contributed by atoms with Crippen LogP contribution in [0.15, 0.2) is 30.3 Å². The summed E-state index contributed by atoms with van der Waals surface area (Å²) in [7, 11) is 0. The molecule has 0 radical (unpaired) electrons. The highest BCUT2D eigenvalue weighted by molar-refractivity contribution is 6.01. The minimum atomic E-state index is -1.50. The van der Waals surface area contributed by atoms with Gasteiger partial charge in [0.25, 0.3) is 5.91 Å². The summed E-state index contributed by atoms with van der Waals surface area (Å²) in [5.41, 5.74) is 0.222. The molecule has 0 spiro atoms. The molecule has 17 heavy (non-hydrogen) atoms. The quantitative estimate of drug-likeness (QED) is 0.797. The average Bonchev–Trinajstić information content (AvgIpc) is 2.47. The molecule has 2 atom stereocenters. The SMILES string of the molecule is CC1(O)OCC2(C)N(c3ccccc3)C(=O)N12. The summed E-state index contributed by atoms with van der Waals surface area (Å²) in [6, 6.07) is 9.16. The van der Waals surface area contributed by atoms with Crippen LogP contribution in [0.5, 0.6) is 0 Å². The maximum atomic E-state index is 12.1. The third-order valence-corrected chi connectivity index (χ3v) is 3.39. The number of hydrogen-bond donors (Lipinski definition) is 1. The van der Waals surface area contributed by atoms with E-state index in [0.29, 0.717) is 6.61 Å². The Morgan fingerprint density at radius 2 is 1.94 bits per heavy atom. The van der Waals surface area contributed by atoms with E-state index in [1.165, 1.54) is 11.8 Å². The molecule has 2 aliphatic rings. The van der Waals surface area contributed by atoms with Crippen molar-refractivity contribution in [1.82, 2.24) is 4.90 Å². The van der Waals surface area contributed by atoms with Gasteiger partial charge in [-0.1, -0.05) is 18.2 Å².